The molecule has 0 unspecified atom stereocenters. The number of imidazole rings is 1. The smallest absolute Gasteiger partial charge is 0.143 e. The molecule has 5 nitrogen and oxygen atoms in total. The van der Waals surface area contributed by atoms with E-state index in [2.05, 4.69) is 40.9 Å². The van der Waals surface area contributed by atoms with Crippen molar-refractivity contribution < 1.29 is 9.47 Å². The van der Waals surface area contributed by atoms with Gasteiger partial charge in [0.15, 0.2) is 0 Å². The molecule has 2 aromatic carbocycles. The second kappa shape index (κ2) is 8.96. The maximum absolute atomic E-state index is 5.66. The number of pyridine rings is 1. The van der Waals surface area contributed by atoms with E-state index in [0.717, 1.165) is 51.1 Å². The van der Waals surface area contributed by atoms with Crippen molar-refractivity contribution in [2.24, 2.45) is 0 Å². The first-order chi connectivity index (χ1) is 15.1. The summed E-state index contributed by atoms with van der Waals surface area (Å²) in [5.74, 6) is 2.70. The van der Waals surface area contributed by atoms with Gasteiger partial charge in [0.2, 0.25) is 0 Å². The third-order valence-electron chi connectivity index (χ3n) is 5.36. The fourth-order valence-electron chi connectivity index (χ4n) is 3.53. The molecule has 0 aliphatic carbocycles. The highest BCUT2D eigenvalue weighted by molar-refractivity contribution is 5.80. The molecule has 0 aliphatic rings. The van der Waals surface area contributed by atoms with Crippen LogP contribution in [0.4, 0.5) is 11.5 Å². The van der Waals surface area contributed by atoms with E-state index in [1.54, 1.807) is 7.11 Å². The molecular formula is C26H27N3O2. The number of aromatic nitrogens is 2. The standard InChI is InChI=1S/C26H27N3O2/c1-5-31-19(3)18(2)20-9-11-21(12-10-20)25-26(29-17-7-6-8-24(29)28-25)27-22-13-15-23(30-4)16-14-22/h6-17,27H,5H2,1-4H3/b19-18+. The summed E-state index contributed by atoms with van der Waals surface area (Å²) in [6.45, 7) is 6.76. The van der Waals surface area contributed by atoms with Crippen LogP contribution < -0.4 is 10.1 Å². The van der Waals surface area contributed by atoms with E-state index in [0.29, 0.717) is 6.61 Å². The average Bonchev–Trinajstić information content (AvgIpc) is 3.17. The van der Waals surface area contributed by atoms with Crippen LogP contribution in [0.1, 0.15) is 26.3 Å². The number of ether oxygens (including phenoxy) is 2. The van der Waals surface area contributed by atoms with Gasteiger partial charge in [0, 0.05) is 17.4 Å². The Morgan fingerprint density at radius 2 is 1.71 bits per heavy atom. The lowest BCUT2D eigenvalue weighted by atomic mass is 10.0. The number of allylic oxidation sites excluding steroid dienone is 2. The van der Waals surface area contributed by atoms with E-state index in [1.165, 1.54) is 0 Å². The van der Waals surface area contributed by atoms with E-state index < -0.39 is 0 Å². The second-order valence-corrected chi connectivity index (χ2v) is 7.28. The molecule has 0 atom stereocenters. The van der Waals surface area contributed by atoms with Crippen molar-refractivity contribution >= 4 is 22.7 Å². The highest BCUT2D eigenvalue weighted by Crippen LogP contribution is 2.32. The Labute approximate surface area is 183 Å². The molecule has 158 valence electrons. The monoisotopic (exact) mass is 413 g/mol. The molecule has 2 heterocycles. The molecule has 0 amide bonds. The molecule has 1 N–H and O–H groups in total. The summed E-state index contributed by atoms with van der Waals surface area (Å²) in [6, 6.07) is 22.3. The van der Waals surface area contributed by atoms with Gasteiger partial charge in [-0.2, -0.15) is 0 Å². The molecule has 2 aromatic heterocycles. The Morgan fingerprint density at radius 3 is 2.39 bits per heavy atom. The van der Waals surface area contributed by atoms with Gasteiger partial charge in [-0.1, -0.05) is 30.3 Å². The van der Waals surface area contributed by atoms with Crippen molar-refractivity contribution in [2.75, 3.05) is 19.0 Å². The third-order valence-corrected chi connectivity index (χ3v) is 5.36. The van der Waals surface area contributed by atoms with Crippen LogP contribution in [0.3, 0.4) is 0 Å². The van der Waals surface area contributed by atoms with Crippen LogP contribution in [-0.4, -0.2) is 23.1 Å². The van der Waals surface area contributed by atoms with Crippen LogP contribution in [0.25, 0.3) is 22.5 Å². The van der Waals surface area contributed by atoms with Gasteiger partial charge in [0.25, 0.3) is 0 Å². The predicted octanol–water partition coefficient (Wildman–Crippen LogP) is 6.54. The van der Waals surface area contributed by atoms with Crippen molar-refractivity contribution in [3.8, 4) is 17.0 Å². The SMILES string of the molecule is CCO/C(C)=C(\C)c1ccc(-c2nc3ccccn3c2Nc2ccc(OC)cc2)cc1. The van der Waals surface area contributed by atoms with Crippen LogP contribution in [0.5, 0.6) is 5.75 Å². The molecule has 4 rings (SSSR count). The number of benzene rings is 2. The van der Waals surface area contributed by atoms with E-state index in [-0.39, 0.29) is 0 Å². The minimum atomic E-state index is 0.670. The molecule has 0 saturated heterocycles. The van der Waals surface area contributed by atoms with Crippen LogP contribution in [0.2, 0.25) is 0 Å². The summed E-state index contributed by atoms with van der Waals surface area (Å²) < 4.78 is 13.0. The highest BCUT2D eigenvalue weighted by atomic mass is 16.5. The van der Waals surface area contributed by atoms with Gasteiger partial charge in [-0.15, -0.1) is 0 Å². The van der Waals surface area contributed by atoms with Crippen LogP contribution >= 0.6 is 0 Å². The highest BCUT2D eigenvalue weighted by Gasteiger charge is 2.15. The molecule has 0 spiro atoms. The van der Waals surface area contributed by atoms with Crippen molar-refractivity contribution in [1.29, 1.82) is 0 Å². The number of fused-ring (bicyclic) bond motifs is 1. The largest absolute Gasteiger partial charge is 0.498 e. The first-order valence-corrected chi connectivity index (χ1v) is 10.4. The quantitative estimate of drug-likeness (QED) is 0.349. The fourth-order valence-corrected chi connectivity index (χ4v) is 3.53. The number of anilines is 2. The van der Waals surface area contributed by atoms with Gasteiger partial charge in [0.05, 0.1) is 19.5 Å². The minimum absolute atomic E-state index is 0.670. The first-order valence-electron chi connectivity index (χ1n) is 10.4. The zero-order valence-electron chi connectivity index (χ0n) is 18.3. The number of nitrogens with one attached hydrogen (secondary N) is 1. The number of hydrogen-bond acceptors (Lipinski definition) is 4. The number of methoxy groups -OCH3 is 1. The van der Waals surface area contributed by atoms with Crippen LogP contribution in [-0.2, 0) is 4.74 Å². The molecule has 0 radical (unpaired) electrons. The Balaban J connectivity index is 1.73. The van der Waals surface area contributed by atoms with Gasteiger partial charge in [-0.25, -0.2) is 4.98 Å². The van der Waals surface area contributed by atoms with E-state index in [4.69, 9.17) is 14.5 Å². The Morgan fingerprint density at radius 1 is 0.968 bits per heavy atom. The molecule has 5 heteroatoms. The fraction of sp³-hybridized carbons (Fsp3) is 0.192. The van der Waals surface area contributed by atoms with Gasteiger partial charge in [-0.05, 0) is 68.3 Å². The maximum Gasteiger partial charge on any atom is 0.143 e. The summed E-state index contributed by atoms with van der Waals surface area (Å²) >= 11 is 0. The van der Waals surface area contributed by atoms with E-state index in [9.17, 15) is 0 Å². The van der Waals surface area contributed by atoms with Gasteiger partial charge >= 0.3 is 0 Å². The molecule has 0 fully saturated rings. The van der Waals surface area contributed by atoms with Crippen molar-refractivity contribution in [3.63, 3.8) is 0 Å². The number of nitrogens with zero attached hydrogens (tertiary/aromatic N) is 2. The number of hydrogen-bond donors (Lipinski definition) is 1. The summed E-state index contributed by atoms with van der Waals surface area (Å²) in [6.07, 6.45) is 2.02. The molecule has 4 aromatic rings. The topological polar surface area (TPSA) is 47.8 Å². The van der Waals surface area contributed by atoms with Gasteiger partial charge < -0.3 is 14.8 Å². The normalized spacial score (nSPS) is 11.9. The summed E-state index contributed by atoms with van der Waals surface area (Å²) in [4.78, 5) is 4.89. The van der Waals surface area contributed by atoms with Gasteiger partial charge in [0.1, 0.15) is 22.9 Å². The zero-order valence-corrected chi connectivity index (χ0v) is 18.3. The van der Waals surface area contributed by atoms with Crippen molar-refractivity contribution in [2.45, 2.75) is 20.8 Å². The predicted molar refractivity (Wildman–Crippen MR) is 127 cm³/mol. The van der Waals surface area contributed by atoms with E-state index >= 15 is 0 Å². The maximum atomic E-state index is 5.66. The lowest BCUT2D eigenvalue weighted by Crippen LogP contribution is -1.97. The number of rotatable bonds is 7. The first kappa shape index (κ1) is 20.5. The molecule has 0 bridgehead atoms. The van der Waals surface area contributed by atoms with Crippen LogP contribution in [0, 0.1) is 0 Å². The van der Waals surface area contributed by atoms with Crippen molar-refractivity contribution in [3.05, 3.63) is 84.2 Å². The van der Waals surface area contributed by atoms with Crippen molar-refractivity contribution in [1.82, 2.24) is 9.38 Å². The summed E-state index contributed by atoms with van der Waals surface area (Å²) in [7, 11) is 1.67. The second-order valence-electron chi connectivity index (χ2n) is 7.28. The lowest BCUT2D eigenvalue weighted by molar-refractivity contribution is 0.233. The molecule has 31 heavy (non-hydrogen) atoms. The van der Waals surface area contributed by atoms with E-state index in [1.807, 2.05) is 62.5 Å². The summed E-state index contributed by atoms with van der Waals surface area (Å²) in [5, 5.41) is 3.53. The minimum Gasteiger partial charge on any atom is -0.498 e. The lowest BCUT2D eigenvalue weighted by Gasteiger charge is -2.11. The Bertz CT molecular complexity index is 1210. The molecular weight excluding hydrogens is 386 g/mol. The third kappa shape index (κ3) is 4.26. The van der Waals surface area contributed by atoms with Crippen LogP contribution in [0.15, 0.2) is 78.7 Å². The molecule has 0 saturated carbocycles. The Kier molecular flexibility index (Phi) is 5.94. The average molecular weight is 414 g/mol. The molecule has 0 aliphatic heterocycles. The Hall–Kier alpha value is -3.73. The zero-order chi connectivity index (χ0) is 21.8. The van der Waals surface area contributed by atoms with Gasteiger partial charge in [-0.3, -0.25) is 4.40 Å². The summed E-state index contributed by atoms with van der Waals surface area (Å²) in [5.41, 5.74) is 6.08.